The fourth-order valence-corrected chi connectivity index (χ4v) is 1.45. The molecule has 76 valence electrons. The zero-order valence-corrected chi connectivity index (χ0v) is 8.02. The molecule has 0 spiro atoms. The lowest BCUT2D eigenvalue weighted by atomic mass is 10.1. The van der Waals surface area contributed by atoms with Gasteiger partial charge in [0.15, 0.2) is 5.76 Å². The molecule has 0 aromatic heterocycles. The van der Waals surface area contributed by atoms with Crippen LogP contribution in [0.5, 0.6) is 0 Å². The summed E-state index contributed by atoms with van der Waals surface area (Å²) in [7, 11) is 0. The number of hydrogen-bond acceptors (Lipinski definition) is 4. The second-order valence-electron chi connectivity index (χ2n) is 3.03. The Kier molecular flexibility index (Phi) is 2.25. The molecule has 0 bridgehead atoms. The number of fused-ring (bicyclic) bond motifs is 1. The van der Waals surface area contributed by atoms with E-state index in [2.05, 4.69) is 4.74 Å². The van der Waals surface area contributed by atoms with Gasteiger partial charge < -0.3 is 9.47 Å². The molecule has 1 aromatic rings. The fourth-order valence-electron chi connectivity index (χ4n) is 1.45. The summed E-state index contributed by atoms with van der Waals surface area (Å²) in [6, 6.07) is 6.94. The van der Waals surface area contributed by atoms with Crippen molar-refractivity contribution in [3.63, 3.8) is 0 Å². The molecular formula is C11H8O4. The minimum Gasteiger partial charge on any atom is -0.430 e. The van der Waals surface area contributed by atoms with Crippen molar-refractivity contribution in [1.82, 2.24) is 0 Å². The van der Waals surface area contributed by atoms with E-state index in [-0.39, 0.29) is 5.76 Å². The molecule has 4 heteroatoms. The Morgan fingerprint density at radius 1 is 1.33 bits per heavy atom. The quantitative estimate of drug-likeness (QED) is 0.418. The molecule has 0 radical (unpaired) electrons. The fraction of sp³-hybridized carbons (Fsp3) is 0.0909. The monoisotopic (exact) mass is 204 g/mol. The molecule has 2 rings (SSSR count). The van der Waals surface area contributed by atoms with E-state index in [1.807, 2.05) is 0 Å². The highest BCUT2D eigenvalue weighted by atomic mass is 16.6. The van der Waals surface area contributed by atoms with Crippen molar-refractivity contribution in [3.05, 3.63) is 41.2 Å². The smallest absolute Gasteiger partial charge is 0.344 e. The topological polar surface area (TPSA) is 52.6 Å². The highest BCUT2D eigenvalue weighted by Gasteiger charge is 2.28. The average Bonchev–Trinajstić information content (AvgIpc) is 2.58. The van der Waals surface area contributed by atoms with Gasteiger partial charge in [0.05, 0.1) is 5.56 Å². The minimum atomic E-state index is -0.422. The maximum atomic E-state index is 11.4. The largest absolute Gasteiger partial charge is 0.430 e. The third-order valence-corrected chi connectivity index (χ3v) is 2.13. The summed E-state index contributed by atoms with van der Waals surface area (Å²) in [5.74, 6) is 0.167. The first kappa shape index (κ1) is 9.45. The van der Waals surface area contributed by atoms with E-state index in [4.69, 9.17) is 4.74 Å². The molecule has 0 saturated heterocycles. The summed E-state index contributed by atoms with van der Waals surface area (Å²) in [5.41, 5.74) is 1.14. The lowest BCUT2D eigenvalue weighted by Crippen LogP contribution is -1.94. The van der Waals surface area contributed by atoms with Gasteiger partial charge in [-0.25, -0.2) is 4.79 Å². The van der Waals surface area contributed by atoms with E-state index in [0.29, 0.717) is 23.4 Å². The third kappa shape index (κ3) is 1.50. The number of allylic oxidation sites excluding steroid dienone is 1. The Bertz CT molecular complexity index is 459. The first-order valence-electron chi connectivity index (χ1n) is 4.37. The van der Waals surface area contributed by atoms with Gasteiger partial charge in [-0.15, -0.1) is 0 Å². The second kappa shape index (κ2) is 3.57. The van der Waals surface area contributed by atoms with Gasteiger partial charge in [-0.05, 0) is 13.0 Å². The second-order valence-corrected chi connectivity index (χ2v) is 3.03. The molecule has 0 atom stereocenters. The van der Waals surface area contributed by atoms with Crippen LogP contribution in [0.4, 0.5) is 0 Å². The van der Waals surface area contributed by atoms with Crippen LogP contribution in [0.2, 0.25) is 0 Å². The van der Waals surface area contributed by atoms with Crippen LogP contribution in [0.25, 0.3) is 5.76 Å². The van der Waals surface area contributed by atoms with Crippen molar-refractivity contribution in [3.8, 4) is 0 Å². The number of esters is 1. The average molecular weight is 204 g/mol. The van der Waals surface area contributed by atoms with E-state index in [1.54, 1.807) is 31.2 Å². The van der Waals surface area contributed by atoms with Gasteiger partial charge in [0.25, 0.3) is 6.47 Å². The van der Waals surface area contributed by atoms with Crippen molar-refractivity contribution in [2.45, 2.75) is 6.92 Å². The van der Waals surface area contributed by atoms with Gasteiger partial charge in [-0.1, -0.05) is 18.2 Å². The maximum absolute atomic E-state index is 11.4. The number of benzene rings is 1. The Morgan fingerprint density at radius 2 is 2.00 bits per heavy atom. The van der Waals surface area contributed by atoms with Gasteiger partial charge in [0, 0.05) is 5.56 Å². The van der Waals surface area contributed by atoms with Crippen molar-refractivity contribution >= 4 is 18.2 Å². The molecule has 0 unspecified atom stereocenters. The number of rotatable bonds is 2. The van der Waals surface area contributed by atoms with Gasteiger partial charge >= 0.3 is 5.97 Å². The van der Waals surface area contributed by atoms with Crippen molar-refractivity contribution < 1.29 is 19.1 Å². The van der Waals surface area contributed by atoms with E-state index >= 15 is 0 Å². The number of carbonyl (C=O) groups excluding carboxylic acids is 2. The zero-order chi connectivity index (χ0) is 10.8. The molecule has 4 nitrogen and oxygen atoms in total. The van der Waals surface area contributed by atoms with Crippen LogP contribution >= 0.6 is 0 Å². The predicted octanol–water partition coefficient (Wildman–Crippen LogP) is 1.72. The molecular weight excluding hydrogens is 196 g/mol. The highest BCUT2D eigenvalue weighted by molar-refractivity contribution is 6.03. The molecule has 0 N–H and O–H groups in total. The summed E-state index contributed by atoms with van der Waals surface area (Å²) in [4.78, 5) is 21.6. The molecule has 1 heterocycles. The SMILES string of the molecule is C/C(OC=O)=C1/OC(=O)c2ccccc21. The summed E-state index contributed by atoms with van der Waals surface area (Å²) in [6.45, 7) is 1.87. The molecule has 1 aliphatic heterocycles. The van der Waals surface area contributed by atoms with Crippen molar-refractivity contribution in [2.24, 2.45) is 0 Å². The molecule has 0 saturated carbocycles. The molecule has 15 heavy (non-hydrogen) atoms. The van der Waals surface area contributed by atoms with Crippen molar-refractivity contribution in [2.75, 3.05) is 0 Å². The number of hydrogen-bond donors (Lipinski definition) is 0. The lowest BCUT2D eigenvalue weighted by molar-refractivity contribution is -0.125. The van der Waals surface area contributed by atoms with Crippen LogP contribution in [0, 0.1) is 0 Å². The lowest BCUT2D eigenvalue weighted by Gasteiger charge is -2.02. The Morgan fingerprint density at radius 3 is 2.67 bits per heavy atom. The normalized spacial score (nSPS) is 16.7. The van der Waals surface area contributed by atoms with Crippen molar-refractivity contribution in [1.29, 1.82) is 0 Å². The van der Waals surface area contributed by atoms with E-state index in [9.17, 15) is 9.59 Å². The van der Waals surface area contributed by atoms with Crippen LogP contribution in [0.1, 0.15) is 22.8 Å². The van der Waals surface area contributed by atoms with Gasteiger partial charge in [0.1, 0.15) is 5.76 Å². The summed E-state index contributed by atoms with van der Waals surface area (Å²) < 4.78 is 9.66. The molecule has 1 aromatic carbocycles. The van der Waals surface area contributed by atoms with Crippen LogP contribution < -0.4 is 0 Å². The molecule has 0 amide bonds. The van der Waals surface area contributed by atoms with Crippen LogP contribution in [0.3, 0.4) is 0 Å². The van der Waals surface area contributed by atoms with Gasteiger partial charge in [-0.2, -0.15) is 0 Å². The Hall–Kier alpha value is -2.10. The van der Waals surface area contributed by atoms with Gasteiger partial charge in [-0.3, -0.25) is 4.79 Å². The summed E-state index contributed by atoms with van der Waals surface area (Å²) >= 11 is 0. The highest BCUT2D eigenvalue weighted by Crippen LogP contribution is 2.31. The maximum Gasteiger partial charge on any atom is 0.344 e. The first-order valence-corrected chi connectivity index (χ1v) is 4.37. The Balaban J connectivity index is 2.53. The predicted molar refractivity (Wildman–Crippen MR) is 51.6 cm³/mol. The minimum absolute atomic E-state index is 0.281. The van der Waals surface area contributed by atoms with Crippen LogP contribution in [0.15, 0.2) is 30.0 Å². The van der Waals surface area contributed by atoms with E-state index in [1.165, 1.54) is 0 Å². The standard InChI is InChI=1S/C11H8O4/c1-7(14-6-12)10-8-4-2-3-5-9(8)11(13)15-10/h2-6H,1H3/b10-7-. The zero-order valence-electron chi connectivity index (χ0n) is 8.02. The van der Waals surface area contributed by atoms with Crippen LogP contribution in [-0.4, -0.2) is 12.4 Å². The Labute approximate surface area is 86.1 Å². The summed E-state index contributed by atoms with van der Waals surface area (Å²) in [6.07, 6.45) is 0. The van der Waals surface area contributed by atoms with E-state index < -0.39 is 5.97 Å². The number of carbonyl (C=O) groups is 2. The summed E-state index contributed by atoms with van der Waals surface area (Å²) in [5, 5.41) is 0. The molecule has 1 aliphatic rings. The molecule has 0 fully saturated rings. The number of ether oxygens (including phenoxy) is 2. The number of cyclic esters (lactones) is 1. The third-order valence-electron chi connectivity index (χ3n) is 2.13. The molecule has 0 aliphatic carbocycles. The first-order chi connectivity index (χ1) is 7.24. The van der Waals surface area contributed by atoms with E-state index in [0.717, 1.165) is 0 Å². The van der Waals surface area contributed by atoms with Crippen LogP contribution in [-0.2, 0) is 14.3 Å². The van der Waals surface area contributed by atoms with Gasteiger partial charge in [0.2, 0.25) is 0 Å².